The molecule has 0 aliphatic heterocycles. The van der Waals surface area contributed by atoms with Crippen LogP contribution >= 0.6 is 0 Å². The van der Waals surface area contributed by atoms with E-state index in [4.69, 9.17) is 0 Å². The second-order valence-electron chi connectivity index (χ2n) is 4.92. The Kier molecular flexibility index (Phi) is 2.71. The van der Waals surface area contributed by atoms with Crippen LogP contribution in [0.25, 0.3) is 0 Å². The van der Waals surface area contributed by atoms with E-state index in [0.29, 0.717) is 5.41 Å². The van der Waals surface area contributed by atoms with Gasteiger partial charge in [-0.2, -0.15) is 0 Å². The van der Waals surface area contributed by atoms with Gasteiger partial charge in [-0.3, -0.25) is 0 Å². The molecule has 0 spiro atoms. The summed E-state index contributed by atoms with van der Waals surface area (Å²) in [7, 11) is 0. The lowest BCUT2D eigenvalue weighted by atomic mass is 9.58. The zero-order valence-electron chi connectivity index (χ0n) is 8.43. The molecular formula is C12H20O. The topological polar surface area (TPSA) is 17.1 Å². The molecule has 1 nitrogen and oxygen atoms in total. The fourth-order valence-corrected chi connectivity index (χ4v) is 3.56. The van der Waals surface area contributed by atoms with Gasteiger partial charge in [-0.25, -0.2) is 0 Å². The van der Waals surface area contributed by atoms with Crippen LogP contribution in [-0.2, 0) is 4.79 Å². The van der Waals surface area contributed by atoms with Crippen molar-refractivity contribution >= 4 is 6.29 Å². The van der Waals surface area contributed by atoms with Crippen LogP contribution in [0.15, 0.2) is 0 Å². The van der Waals surface area contributed by atoms with Gasteiger partial charge in [0.15, 0.2) is 0 Å². The maximum atomic E-state index is 10.7. The van der Waals surface area contributed by atoms with Gasteiger partial charge in [0, 0.05) is 6.42 Å². The fraction of sp³-hybridized carbons (Fsp3) is 0.917. The van der Waals surface area contributed by atoms with Crippen molar-refractivity contribution in [3.05, 3.63) is 0 Å². The Morgan fingerprint density at radius 1 is 1.08 bits per heavy atom. The lowest BCUT2D eigenvalue weighted by Gasteiger charge is -2.46. The van der Waals surface area contributed by atoms with E-state index in [1.807, 2.05) is 0 Å². The van der Waals surface area contributed by atoms with E-state index in [2.05, 4.69) is 0 Å². The highest BCUT2D eigenvalue weighted by Crippen LogP contribution is 2.51. The largest absolute Gasteiger partial charge is 0.303 e. The Hall–Kier alpha value is -0.330. The van der Waals surface area contributed by atoms with Crippen LogP contribution in [0.3, 0.4) is 0 Å². The number of aldehydes is 1. The van der Waals surface area contributed by atoms with Crippen LogP contribution < -0.4 is 0 Å². The van der Waals surface area contributed by atoms with Gasteiger partial charge in [0.1, 0.15) is 6.29 Å². The first-order chi connectivity index (χ1) is 6.37. The van der Waals surface area contributed by atoms with Crippen molar-refractivity contribution in [1.29, 1.82) is 0 Å². The molecule has 0 saturated heterocycles. The lowest BCUT2D eigenvalue weighted by molar-refractivity contribution is -0.112. The predicted molar refractivity (Wildman–Crippen MR) is 53.5 cm³/mol. The van der Waals surface area contributed by atoms with Gasteiger partial charge in [-0.05, 0) is 37.0 Å². The smallest absolute Gasteiger partial charge is 0.120 e. The van der Waals surface area contributed by atoms with E-state index in [0.717, 1.165) is 12.3 Å². The number of fused-ring (bicyclic) bond motifs is 1. The average molecular weight is 180 g/mol. The normalized spacial score (nSPS) is 39.5. The summed E-state index contributed by atoms with van der Waals surface area (Å²) in [5, 5.41) is 0. The van der Waals surface area contributed by atoms with E-state index < -0.39 is 0 Å². The van der Waals surface area contributed by atoms with Crippen LogP contribution in [0.1, 0.15) is 57.8 Å². The molecule has 0 amide bonds. The van der Waals surface area contributed by atoms with Crippen molar-refractivity contribution in [1.82, 2.24) is 0 Å². The first-order valence-corrected chi connectivity index (χ1v) is 5.81. The summed E-state index contributed by atoms with van der Waals surface area (Å²) in [4.78, 5) is 10.7. The van der Waals surface area contributed by atoms with Gasteiger partial charge in [-0.15, -0.1) is 0 Å². The van der Waals surface area contributed by atoms with Crippen LogP contribution in [0.4, 0.5) is 0 Å². The second kappa shape index (κ2) is 3.81. The van der Waals surface area contributed by atoms with Gasteiger partial charge >= 0.3 is 0 Å². The van der Waals surface area contributed by atoms with E-state index >= 15 is 0 Å². The van der Waals surface area contributed by atoms with Gasteiger partial charge in [0.05, 0.1) is 0 Å². The van der Waals surface area contributed by atoms with Crippen LogP contribution in [-0.4, -0.2) is 6.29 Å². The van der Waals surface area contributed by atoms with Crippen LogP contribution in [0.5, 0.6) is 0 Å². The van der Waals surface area contributed by atoms with Crippen LogP contribution in [0, 0.1) is 11.3 Å². The third kappa shape index (κ3) is 1.66. The predicted octanol–water partition coefficient (Wildman–Crippen LogP) is 3.33. The number of carbonyl (C=O) groups excluding carboxylic acids is 1. The number of carbonyl (C=O) groups is 1. The van der Waals surface area contributed by atoms with E-state index in [-0.39, 0.29) is 0 Å². The minimum Gasteiger partial charge on any atom is -0.303 e. The number of rotatable bonds is 2. The zero-order chi connectivity index (χ0) is 9.15. The molecule has 2 saturated carbocycles. The molecule has 0 aromatic rings. The highest BCUT2D eigenvalue weighted by atomic mass is 16.1. The summed E-state index contributed by atoms with van der Waals surface area (Å²) in [5.74, 6) is 0.889. The molecular weight excluding hydrogens is 160 g/mol. The Morgan fingerprint density at radius 2 is 1.69 bits per heavy atom. The minimum atomic E-state index is 0.457. The molecule has 2 aliphatic carbocycles. The molecule has 0 bridgehead atoms. The maximum Gasteiger partial charge on any atom is 0.120 e. The zero-order valence-corrected chi connectivity index (χ0v) is 8.43. The highest BCUT2D eigenvalue weighted by Gasteiger charge is 2.41. The molecule has 0 aromatic heterocycles. The SMILES string of the molecule is O=CCC12CCCCC1CCCC2. The molecule has 0 radical (unpaired) electrons. The third-order valence-corrected chi connectivity index (χ3v) is 4.31. The first-order valence-electron chi connectivity index (χ1n) is 5.81. The molecule has 0 heterocycles. The second-order valence-corrected chi connectivity index (χ2v) is 4.92. The molecule has 1 heteroatoms. The lowest BCUT2D eigenvalue weighted by Crippen LogP contribution is -2.36. The summed E-state index contributed by atoms with van der Waals surface area (Å²) >= 11 is 0. The Balaban J connectivity index is 2.11. The van der Waals surface area contributed by atoms with E-state index in [9.17, 15) is 4.79 Å². The van der Waals surface area contributed by atoms with E-state index in [1.165, 1.54) is 57.7 Å². The summed E-state index contributed by atoms with van der Waals surface area (Å²) in [6.45, 7) is 0. The Morgan fingerprint density at radius 3 is 2.23 bits per heavy atom. The molecule has 0 atom stereocenters. The molecule has 0 unspecified atom stereocenters. The van der Waals surface area contributed by atoms with E-state index in [1.54, 1.807) is 0 Å². The van der Waals surface area contributed by atoms with Crippen LogP contribution in [0.2, 0.25) is 0 Å². The van der Waals surface area contributed by atoms with Crippen molar-refractivity contribution in [3.8, 4) is 0 Å². The maximum absolute atomic E-state index is 10.7. The minimum absolute atomic E-state index is 0.457. The standard InChI is InChI=1S/C12H20O/c13-10-9-12-7-3-1-5-11(12)6-2-4-8-12/h10-11H,1-9H2. The van der Waals surface area contributed by atoms with Crippen molar-refractivity contribution in [3.63, 3.8) is 0 Å². The number of hydrogen-bond acceptors (Lipinski definition) is 1. The van der Waals surface area contributed by atoms with Crippen molar-refractivity contribution < 1.29 is 4.79 Å². The summed E-state index contributed by atoms with van der Waals surface area (Å²) in [5.41, 5.74) is 0.457. The van der Waals surface area contributed by atoms with Gasteiger partial charge in [-0.1, -0.05) is 25.7 Å². The fourth-order valence-electron chi connectivity index (χ4n) is 3.56. The molecule has 2 aliphatic rings. The monoisotopic (exact) mass is 180 g/mol. The van der Waals surface area contributed by atoms with Gasteiger partial charge in [0.2, 0.25) is 0 Å². The summed E-state index contributed by atoms with van der Waals surface area (Å²) in [6.07, 6.45) is 13.0. The first kappa shape index (κ1) is 9.23. The van der Waals surface area contributed by atoms with Gasteiger partial charge in [0.25, 0.3) is 0 Å². The Labute approximate surface area is 80.9 Å². The van der Waals surface area contributed by atoms with Gasteiger partial charge < -0.3 is 4.79 Å². The summed E-state index contributed by atoms with van der Waals surface area (Å²) in [6, 6.07) is 0. The third-order valence-electron chi connectivity index (χ3n) is 4.31. The molecule has 2 rings (SSSR count). The van der Waals surface area contributed by atoms with Crippen molar-refractivity contribution in [2.45, 2.75) is 57.8 Å². The average Bonchev–Trinajstić information content (AvgIpc) is 2.18. The Bertz CT molecular complexity index is 174. The van der Waals surface area contributed by atoms with Crippen molar-refractivity contribution in [2.75, 3.05) is 0 Å². The molecule has 0 aromatic carbocycles. The molecule has 13 heavy (non-hydrogen) atoms. The molecule has 0 N–H and O–H groups in total. The molecule has 2 fully saturated rings. The molecule has 74 valence electrons. The van der Waals surface area contributed by atoms with Crippen molar-refractivity contribution in [2.24, 2.45) is 11.3 Å². The highest BCUT2D eigenvalue weighted by molar-refractivity contribution is 5.51. The number of hydrogen-bond donors (Lipinski definition) is 0. The summed E-state index contributed by atoms with van der Waals surface area (Å²) < 4.78 is 0. The quantitative estimate of drug-likeness (QED) is 0.596.